The first kappa shape index (κ1) is 15.7. The Kier molecular flexibility index (Phi) is 4.76. The summed E-state index contributed by atoms with van der Waals surface area (Å²) in [6.45, 7) is 2.68. The standard InChI is InChI=1S/C18H16IN3O/c1-13-3-2-4-14(11-13)12-22-17(9-10-20-22)21-18(23)15-5-7-16(19)8-6-15/h2-11H,12H2,1H3,(H,21,23). The van der Waals surface area contributed by atoms with E-state index in [0.717, 1.165) is 9.13 Å². The number of carbonyl (C=O) groups excluding carboxylic acids is 1. The summed E-state index contributed by atoms with van der Waals surface area (Å²) >= 11 is 2.22. The van der Waals surface area contributed by atoms with E-state index in [1.165, 1.54) is 5.56 Å². The molecule has 0 saturated carbocycles. The Morgan fingerprint density at radius 1 is 1.17 bits per heavy atom. The molecule has 2 aromatic carbocycles. The summed E-state index contributed by atoms with van der Waals surface area (Å²) in [5.74, 6) is 0.558. The van der Waals surface area contributed by atoms with E-state index in [1.807, 2.05) is 30.3 Å². The van der Waals surface area contributed by atoms with E-state index < -0.39 is 0 Å². The van der Waals surface area contributed by atoms with Gasteiger partial charge in [0.25, 0.3) is 5.91 Å². The molecule has 5 heteroatoms. The third-order valence-electron chi connectivity index (χ3n) is 3.48. The number of aryl methyl sites for hydroxylation is 1. The number of anilines is 1. The van der Waals surface area contributed by atoms with E-state index in [4.69, 9.17) is 0 Å². The van der Waals surface area contributed by atoms with E-state index in [2.05, 4.69) is 58.1 Å². The van der Waals surface area contributed by atoms with Crippen LogP contribution in [-0.2, 0) is 6.54 Å². The molecule has 116 valence electrons. The average Bonchev–Trinajstić information content (AvgIpc) is 2.95. The molecule has 0 saturated heterocycles. The van der Waals surface area contributed by atoms with Crippen LogP contribution in [0.4, 0.5) is 5.82 Å². The molecule has 0 unspecified atom stereocenters. The van der Waals surface area contributed by atoms with Gasteiger partial charge in [0, 0.05) is 15.2 Å². The molecule has 1 N–H and O–H groups in total. The van der Waals surface area contributed by atoms with Gasteiger partial charge in [-0.25, -0.2) is 4.68 Å². The first-order valence-electron chi connectivity index (χ1n) is 7.26. The van der Waals surface area contributed by atoms with Crippen LogP contribution in [0.3, 0.4) is 0 Å². The van der Waals surface area contributed by atoms with Gasteiger partial charge in [-0.2, -0.15) is 5.10 Å². The van der Waals surface area contributed by atoms with Crippen molar-refractivity contribution < 1.29 is 4.79 Å². The number of nitrogens with zero attached hydrogens (tertiary/aromatic N) is 2. The lowest BCUT2D eigenvalue weighted by Gasteiger charge is -2.10. The van der Waals surface area contributed by atoms with Gasteiger partial charge < -0.3 is 5.32 Å². The third kappa shape index (κ3) is 3.98. The molecule has 1 aromatic heterocycles. The molecule has 0 aliphatic rings. The number of amides is 1. The van der Waals surface area contributed by atoms with Gasteiger partial charge in [-0.1, -0.05) is 29.8 Å². The molecule has 3 rings (SSSR count). The molecule has 1 heterocycles. The molecular formula is C18H16IN3O. The van der Waals surface area contributed by atoms with Gasteiger partial charge in [-0.3, -0.25) is 4.79 Å². The fourth-order valence-corrected chi connectivity index (χ4v) is 2.70. The number of halogens is 1. The molecule has 0 aliphatic heterocycles. The Bertz CT molecular complexity index is 824. The van der Waals surface area contributed by atoms with Gasteiger partial charge in [-0.15, -0.1) is 0 Å². The van der Waals surface area contributed by atoms with Crippen LogP contribution in [-0.4, -0.2) is 15.7 Å². The van der Waals surface area contributed by atoms with Crippen molar-refractivity contribution in [2.24, 2.45) is 0 Å². The quantitative estimate of drug-likeness (QED) is 0.650. The van der Waals surface area contributed by atoms with Crippen LogP contribution in [0.25, 0.3) is 0 Å². The number of rotatable bonds is 4. The normalized spacial score (nSPS) is 10.5. The van der Waals surface area contributed by atoms with Gasteiger partial charge in [0.15, 0.2) is 0 Å². The Hall–Kier alpha value is -2.15. The topological polar surface area (TPSA) is 46.9 Å². The van der Waals surface area contributed by atoms with Crippen molar-refractivity contribution in [3.05, 3.63) is 81.1 Å². The van der Waals surface area contributed by atoms with Crippen LogP contribution >= 0.6 is 22.6 Å². The van der Waals surface area contributed by atoms with E-state index in [-0.39, 0.29) is 5.91 Å². The SMILES string of the molecule is Cc1cccc(Cn2nccc2NC(=O)c2ccc(I)cc2)c1. The van der Waals surface area contributed by atoms with E-state index in [9.17, 15) is 4.79 Å². The molecule has 0 atom stereocenters. The molecule has 0 bridgehead atoms. The van der Waals surface area contributed by atoms with Crippen LogP contribution in [0.5, 0.6) is 0 Å². The first-order chi connectivity index (χ1) is 11.1. The maximum atomic E-state index is 12.3. The molecule has 23 heavy (non-hydrogen) atoms. The maximum absolute atomic E-state index is 12.3. The van der Waals surface area contributed by atoms with Crippen molar-refractivity contribution in [3.8, 4) is 0 Å². The number of carbonyl (C=O) groups is 1. The fourth-order valence-electron chi connectivity index (χ4n) is 2.34. The molecule has 0 aliphatic carbocycles. The Morgan fingerprint density at radius 2 is 1.96 bits per heavy atom. The highest BCUT2D eigenvalue weighted by Crippen LogP contribution is 2.14. The smallest absolute Gasteiger partial charge is 0.256 e. The minimum Gasteiger partial charge on any atom is -0.307 e. The number of hydrogen-bond acceptors (Lipinski definition) is 2. The zero-order chi connectivity index (χ0) is 16.2. The molecule has 0 fully saturated rings. The van der Waals surface area contributed by atoms with Crippen LogP contribution in [0.2, 0.25) is 0 Å². The molecule has 1 amide bonds. The minimum absolute atomic E-state index is 0.132. The molecule has 0 spiro atoms. The summed E-state index contributed by atoms with van der Waals surface area (Å²) in [5.41, 5.74) is 2.99. The van der Waals surface area contributed by atoms with Crippen LogP contribution in [0.1, 0.15) is 21.5 Å². The molecule has 4 nitrogen and oxygen atoms in total. The molecular weight excluding hydrogens is 401 g/mol. The first-order valence-corrected chi connectivity index (χ1v) is 8.34. The fraction of sp³-hybridized carbons (Fsp3) is 0.111. The number of aromatic nitrogens is 2. The summed E-state index contributed by atoms with van der Waals surface area (Å²) in [6.07, 6.45) is 1.69. The number of hydrogen-bond donors (Lipinski definition) is 1. The minimum atomic E-state index is -0.132. The van der Waals surface area contributed by atoms with Crippen molar-refractivity contribution >= 4 is 34.3 Å². The molecule has 0 radical (unpaired) electrons. The zero-order valence-electron chi connectivity index (χ0n) is 12.7. The highest BCUT2D eigenvalue weighted by Gasteiger charge is 2.10. The van der Waals surface area contributed by atoms with Gasteiger partial charge in [0.05, 0.1) is 12.7 Å². The van der Waals surface area contributed by atoms with Crippen LogP contribution < -0.4 is 5.32 Å². The summed E-state index contributed by atoms with van der Waals surface area (Å²) in [6, 6.07) is 17.5. The summed E-state index contributed by atoms with van der Waals surface area (Å²) in [5, 5.41) is 7.22. The van der Waals surface area contributed by atoms with Gasteiger partial charge in [0.2, 0.25) is 0 Å². The highest BCUT2D eigenvalue weighted by molar-refractivity contribution is 14.1. The van der Waals surface area contributed by atoms with E-state index >= 15 is 0 Å². The Labute approximate surface area is 148 Å². The summed E-state index contributed by atoms with van der Waals surface area (Å²) in [4.78, 5) is 12.3. The van der Waals surface area contributed by atoms with Crippen molar-refractivity contribution in [2.45, 2.75) is 13.5 Å². The second kappa shape index (κ2) is 6.95. The maximum Gasteiger partial charge on any atom is 0.256 e. The second-order valence-corrected chi connectivity index (χ2v) is 6.57. The average molecular weight is 417 g/mol. The lowest BCUT2D eigenvalue weighted by molar-refractivity contribution is 0.102. The Morgan fingerprint density at radius 3 is 2.70 bits per heavy atom. The van der Waals surface area contributed by atoms with Crippen molar-refractivity contribution in [1.29, 1.82) is 0 Å². The summed E-state index contributed by atoms with van der Waals surface area (Å²) < 4.78 is 2.89. The summed E-state index contributed by atoms with van der Waals surface area (Å²) in [7, 11) is 0. The van der Waals surface area contributed by atoms with Crippen molar-refractivity contribution in [1.82, 2.24) is 9.78 Å². The monoisotopic (exact) mass is 417 g/mol. The van der Waals surface area contributed by atoms with E-state index in [0.29, 0.717) is 17.9 Å². The van der Waals surface area contributed by atoms with E-state index in [1.54, 1.807) is 16.9 Å². The van der Waals surface area contributed by atoms with Crippen LogP contribution in [0.15, 0.2) is 60.8 Å². The van der Waals surface area contributed by atoms with Crippen molar-refractivity contribution in [2.75, 3.05) is 5.32 Å². The lowest BCUT2D eigenvalue weighted by atomic mass is 10.1. The third-order valence-corrected chi connectivity index (χ3v) is 4.20. The van der Waals surface area contributed by atoms with Gasteiger partial charge in [0.1, 0.15) is 5.82 Å². The number of nitrogens with one attached hydrogen (secondary N) is 1. The van der Waals surface area contributed by atoms with Crippen LogP contribution in [0, 0.1) is 10.5 Å². The lowest BCUT2D eigenvalue weighted by Crippen LogP contribution is -2.16. The van der Waals surface area contributed by atoms with Crippen molar-refractivity contribution in [3.63, 3.8) is 0 Å². The number of benzene rings is 2. The second-order valence-electron chi connectivity index (χ2n) is 5.32. The predicted molar refractivity (Wildman–Crippen MR) is 99.6 cm³/mol. The van der Waals surface area contributed by atoms with Gasteiger partial charge >= 0.3 is 0 Å². The van der Waals surface area contributed by atoms with Gasteiger partial charge in [-0.05, 0) is 59.3 Å². The zero-order valence-corrected chi connectivity index (χ0v) is 14.8. The highest BCUT2D eigenvalue weighted by atomic mass is 127. The largest absolute Gasteiger partial charge is 0.307 e. The Balaban J connectivity index is 1.75. The molecule has 3 aromatic rings. The predicted octanol–water partition coefficient (Wildman–Crippen LogP) is 4.10.